The molecule has 3 rings (SSSR count). The van der Waals surface area contributed by atoms with Crippen LogP contribution in [0.15, 0.2) is 53.9 Å². The number of fused-ring (bicyclic) bond motifs is 1. The molecule has 1 heterocycles. The molecule has 6 heteroatoms. The first-order chi connectivity index (χ1) is 12.6. The molecular formula is C20H16N2O3S. The van der Waals surface area contributed by atoms with Crippen LogP contribution in [0, 0.1) is 11.3 Å². The SMILES string of the molecule is C[C@@H](OC(=O)Cc1ccc2ccccc2c1)C(=O)Nc1sccc1C#N. The molecule has 0 saturated carbocycles. The van der Waals surface area contributed by atoms with Gasteiger partial charge in [-0.2, -0.15) is 5.26 Å². The van der Waals surface area contributed by atoms with Gasteiger partial charge < -0.3 is 10.1 Å². The highest BCUT2D eigenvalue weighted by molar-refractivity contribution is 7.14. The molecule has 0 spiro atoms. The van der Waals surface area contributed by atoms with Gasteiger partial charge in [0.15, 0.2) is 6.10 Å². The van der Waals surface area contributed by atoms with Crippen LogP contribution in [-0.4, -0.2) is 18.0 Å². The normalized spacial score (nSPS) is 11.5. The van der Waals surface area contributed by atoms with E-state index in [0.29, 0.717) is 10.6 Å². The number of nitriles is 1. The van der Waals surface area contributed by atoms with Crippen LogP contribution in [-0.2, 0) is 20.7 Å². The van der Waals surface area contributed by atoms with Gasteiger partial charge in [0, 0.05) is 0 Å². The Morgan fingerprint density at radius 3 is 2.73 bits per heavy atom. The molecule has 0 unspecified atom stereocenters. The van der Waals surface area contributed by atoms with Gasteiger partial charge in [-0.1, -0.05) is 42.5 Å². The first-order valence-corrected chi connectivity index (χ1v) is 8.90. The molecule has 0 aliphatic carbocycles. The van der Waals surface area contributed by atoms with E-state index in [2.05, 4.69) is 5.32 Å². The molecule has 0 fully saturated rings. The van der Waals surface area contributed by atoms with E-state index in [1.54, 1.807) is 11.4 Å². The van der Waals surface area contributed by atoms with Gasteiger partial charge in [-0.05, 0) is 34.7 Å². The number of hydrogen-bond donors (Lipinski definition) is 1. The molecule has 2 aromatic carbocycles. The van der Waals surface area contributed by atoms with E-state index in [1.165, 1.54) is 18.3 Å². The first-order valence-electron chi connectivity index (χ1n) is 8.02. The van der Waals surface area contributed by atoms with Gasteiger partial charge in [0.25, 0.3) is 5.91 Å². The Kier molecular flexibility index (Phi) is 5.30. The Morgan fingerprint density at radius 2 is 1.96 bits per heavy atom. The van der Waals surface area contributed by atoms with Crippen molar-refractivity contribution in [3.05, 3.63) is 65.0 Å². The third-order valence-electron chi connectivity index (χ3n) is 3.86. The number of benzene rings is 2. The Morgan fingerprint density at radius 1 is 1.19 bits per heavy atom. The molecule has 1 atom stereocenters. The predicted octanol–water partition coefficient (Wildman–Crippen LogP) is 3.89. The van der Waals surface area contributed by atoms with Crippen LogP contribution in [0.1, 0.15) is 18.1 Å². The third-order valence-corrected chi connectivity index (χ3v) is 4.69. The Hall–Kier alpha value is -3.17. The largest absolute Gasteiger partial charge is 0.452 e. The van der Waals surface area contributed by atoms with Crippen LogP contribution in [0.2, 0.25) is 0 Å². The molecule has 0 bridgehead atoms. The molecule has 0 saturated heterocycles. The lowest BCUT2D eigenvalue weighted by molar-refractivity contribution is -0.152. The summed E-state index contributed by atoms with van der Waals surface area (Å²) in [5.41, 5.74) is 1.21. The molecule has 130 valence electrons. The molecule has 0 aliphatic rings. The predicted molar refractivity (Wildman–Crippen MR) is 101 cm³/mol. The Balaban J connectivity index is 1.59. The number of thiophene rings is 1. The van der Waals surface area contributed by atoms with Crippen LogP contribution in [0.25, 0.3) is 10.8 Å². The molecule has 3 aromatic rings. The average molecular weight is 364 g/mol. The van der Waals surface area contributed by atoms with Crippen molar-refractivity contribution in [3.8, 4) is 6.07 Å². The first kappa shape index (κ1) is 17.6. The van der Waals surface area contributed by atoms with E-state index in [9.17, 15) is 9.59 Å². The van der Waals surface area contributed by atoms with E-state index in [4.69, 9.17) is 10.00 Å². The monoisotopic (exact) mass is 364 g/mol. The van der Waals surface area contributed by atoms with Crippen molar-refractivity contribution >= 4 is 39.0 Å². The zero-order chi connectivity index (χ0) is 18.5. The van der Waals surface area contributed by atoms with E-state index in [1.807, 2.05) is 48.5 Å². The topological polar surface area (TPSA) is 79.2 Å². The van der Waals surface area contributed by atoms with Gasteiger partial charge in [0.05, 0.1) is 12.0 Å². The van der Waals surface area contributed by atoms with Crippen LogP contribution in [0.5, 0.6) is 0 Å². The summed E-state index contributed by atoms with van der Waals surface area (Å²) < 4.78 is 5.22. The van der Waals surface area contributed by atoms with E-state index >= 15 is 0 Å². The van der Waals surface area contributed by atoms with E-state index in [0.717, 1.165) is 16.3 Å². The minimum absolute atomic E-state index is 0.0882. The van der Waals surface area contributed by atoms with Gasteiger partial charge in [0.1, 0.15) is 11.1 Å². The molecule has 26 heavy (non-hydrogen) atoms. The van der Waals surface area contributed by atoms with Crippen LogP contribution >= 0.6 is 11.3 Å². The van der Waals surface area contributed by atoms with Crippen LogP contribution in [0.4, 0.5) is 5.00 Å². The molecule has 1 aromatic heterocycles. The second-order valence-corrected chi connectivity index (χ2v) is 6.67. The highest BCUT2D eigenvalue weighted by atomic mass is 32.1. The molecule has 1 N–H and O–H groups in total. The number of nitrogens with zero attached hydrogens (tertiary/aromatic N) is 1. The molecule has 5 nitrogen and oxygen atoms in total. The summed E-state index contributed by atoms with van der Waals surface area (Å²) in [5, 5.41) is 15.9. The lowest BCUT2D eigenvalue weighted by Gasteiger charge is -2.13. The fourth-order valence-corrected chi connectivity index (χ4v) is 3.26. The lowest BCUT2D eigenvalue weighted by Crippen LogP contribution is -2.30. The van der Waals surface area contributed by atoms with Crippen LogP contribution in [0.3, 0.4) is 0 Å². The number of ether oxygens (including phenoxy) is 1. The maximum absolute atomic E-state index is 12.2. The smallest absolute Gasteiger partial charge is 0.311 e. The molecule has 0 aliphatic heterocycles. The summed E-state index contributed by atoms with van der Waals surface area (Å²) in [6.45, 7) is 1.51. The summed E-state index contributed by atoms with van der Waals surface area (Å²) in [6.07, 6.45) is -0.859. The highest BCUT2D eigenvalue weighted by Crippen LogP contribution is 2.22. The second-order valence-electron chi connectivity index (χ2n) is 5.75. The summed E-state index contributed by atoms with van der Waals surface area (Å²) in [6, 6.07) is 17.3. The zero-order valence-corrected chi connectivity index (χ0v) is 14.9. The van der Waals surface area contributed by atoms with Gasteiger partial charge in [-0.3, -0.25) is 9.59 Å². The summed E-state index contributed by atoms with van der Waals surface area (Å²) >= 11 is 1.25. The van der Waals surface area contributed by atoms with Crippen molar-refractivity contribution in [1.29, 1.82) is 5.26 Å². The molecule has 1 amide bonds. The van der Waals surface area contributed by atoms with Gasteiger partial charge in [0.2, 0.25) is 0 Å². The third kappa shape index (κ3) is 4.08. The van der Waals surface area contributed by atoms with Crippen molar-refractivity contribution in [3.63, 3.8) is 0 Å². The molecular weight excluding hydrogens is 348 g/mol. The quantitative estimate of drug-likeness (QED) is 0.697. The maximum atomic E-state index is 12.2. The molecule has 0 radical (unpaired) electrons. The number of anilines is 1. The fraction of sp³-hybridized carbons (Fsp3) is 0.150. The summed E-state index contributed by atoms with van der Waals surface area (Å²) in [5.74, 6) is -0.939. The van der Waals surface area contributed by atoms with Crippen molar-refractivity contribution in [1.82, 2.24) is 0 Å². The van der Waals surface area contributed by atoms with Crippen molar-refractivity contribution in [2.75, 3.05) is 5.32 Å². The number of rotatable bonds is 5. The van der Waals surface area contributed by atoms with Crippen molar-refractivity contribution < 1.29 is 14.3 Å². The number of esters is 1. The van der Waals surface area contributed by atoms with Crippen molar-refractivity contribution in [2.24, 2.45) is 0 Å². The number of nitrogens with one attached hydrogen (secondary N) is 1. The lowest BCUT2D eigenvalue weighted by atomic mass is 10.1. The number of carbonyl (C=O) groups excluding carboxylic acids is 2. The second kappa shape index (κ2) is 7.81. The number of carbonyl (C=O) groups is 2. The maximum Gasteiger partial charge on any atom is 0.311 e. The van der Waals surface area contributed by atoms with Gasteiger partial charge in [-0.25, -0.2) is 0 Å². The fourth-order valence-electron chi connectivity index (χ4n) is 2.52. The number of hydrogen-bond acceptors (Lipinski definition) is 5. The van der Waals surface area contributed by atoms with Gasteiger partial charge in [-0.15, -0.1) is 11.3 Å². The number of amides is 1. The minimum Gasteiger partial charge on any atom is -0.452 e. The average Bonchev–Trinajstić information content (AvgIpc) is 3.08. The summed E-state index contributed by atoms with van der Waals surface area (Å²) in [7, 11) is 0. The summed E-state index contributed by atoms with van der Waals surface area (Å²) in [4.78, 5) is 24.3. The van der Waals surface area contributed by atoms with Gasteiger partial charge >= 0.3 is 5.97 Å². The Labute approximate surface area is 154 Å². The van der Waals surface area contributed by atoms with E-state index in [-0.39, 0.29) is 6.42 Å². The standard InChI is InChI=1S/C20H16N2O3S/c1-13(19(24)22-20-17(12-21)8-9-26-20)25-18(23)11-14-6-7-15-4-2-3-5-16(15)10-14/h2-10,13H,11H2,1H3,(H,22,24)/t13-/m1/s1. The highest BCUT2D eigenvalue weighted by Gasteiger charge is 2.19. The Bertz CT molecular complexity index is 1000. The zero-order valence-electron chi connectivity index (χ0n) is 14.1. The van der Waals surface area contributed by atoms with Crippen molar-refractivity contribution in [2.45, 2.75) is 19.4 Å². The van der Waals surface area contributed by atoms with Crippen LogP contribution < -0.4 is 5.32 Å². The van der Waals surface area contributed by atoms with E-state index < -0.39 is 18.0 Å². The minimum atomic E-state index is -0.948.